The van der Waals surface area contributed by atoms with Gasteiger partial charge in [-0.2, -0.15) is 0 Å². The van der Waals surface area contributed by atoms with Gasteiger partial charge in [0.05, 0.1) is 0 Å². The van der Waals surface area contributed by atoms with Gasteiger partial charge in [-0.25, -0.2) is 4.57 Å². The fourth-order valence-corrected chi connectivity index (χ4v) is 4.03. The summed E-state index contributed by atoms with van der Waals surface area (Å²) in [5.41, 5.74) is 6.33. The molecule has 2 aromatic rings. The van der Waals surface area contributed by atoms with E-state index in [0.29, 0.717) is 0 Å². The second-order valence-electron chi connectivity index (χ2n) is 8.96. The van der Waals surface area contributed by atoms with Crippen molar-refractivity contribution in [2.24, 2.45) is 4.99 Å². The standard InChI is InChI=1S/C30H45N2/c1-5-8-10-12-14-20-31-25-29-24-28(16-17-30(29)26(4)7-3)27-18-22-32(23-19-27)21-15-13-11-9-6-2/h7,16-19,22-25H,5-6,8-15,20-21H2,1-4H3/q+1/b26-7-,31-25+. The third-order valence-electron chi connectivity index (χ3n) is 6.27. The average molecular weight is 434 g/mol. The minimum Gasteiger partial charge on any atom is -0.293 e. The van der Waals surface area contributed by atoms with E-state index >= 15 is 0 Å². The van der Waals surface area contributed by atoms with Gasteiger partial charge in [-0.15, -0.1) is 0 Å². The van der Waals surface area contributed by atoms with Crippen LogP contribution >= 0.6 is 0 Å². The fraction of sp³-hybridized carbons (Fsp3) is 0.533. The predicted octanol–water partition coefficient (Wildman–Crippen LogP) is 8.42. The quantitative estimate of drug-likeness (QED) is 0.152. The molecule has 1 aromatic heterocycles. The number of aryl methyl sites for hydroxylation is 1. The smallest absolute Gasteiger partial charge is 0.169 e. The minimum atomic E-state index is 0.922. The van der Waals surface area contributed by atoms with Gasteiger partial charge in [0.2, 0.25) is 0 Å². The summed E-state index contributed by atoms with van der Waals surface area (Å²) >= 11 is 0. The van der Waals surface area contributed by atoms with Crippen LogP contribution in [0.3, 0.4) is 0 Å². The van der Waals surface area contributed by atoms with Crippen LogP contribution in [0.1, 0.15) is 103 Å². The van der Waals surface area contributed by atoms with Crippen LogP contribution in [-0.2, 0) is 6.54 Å². The Morgan fingerprint density at radius 2 is 1.47 bits per heavy atom. The third kappa shape index (κ3) is 9.10. The third-order valence-corrected chi connectivity index (χ3v) is 6.27. The lowest BCUT2D eigenvalue weighted by molar-refractivity contribution is -0.697. The summed E-state index contributed by atoms with van der Waals surface area (Å²) in [4.78, 5) is 4.76. The van der Waals surface area contributed by atoms with Crippen molar-refractivity contribution in [3.8, 4) is 11.1 Å². The molecule has 0 fully saturated rings. The van der Waals surface area contributed by atoms with E-state index < -0.39 is 0 Å². The Labute approximate surface area is 197 Å². The van der Waals surface area contributed by atoms with Crippen LogP contribution in [0.2, 0.25) is 0 Å². The highest BCUT2D eigenvalue weighted by Gasteiger charge is 2.08. The number of hydrogen-bond donors (Lipinski definition) is 0. The minimum absolute atomic E-state index is 0.922. The lowest BCUT2D eigenvalue weighted by atomic mass is 9.96. The van der Waals surface area contributed by atoms with Crippen molar-refractivity contribution < 1.29 is 4.57 Å². The fourth-order valence-electron chi connectivity index (χ4n) is 4.03. The van der Waals surface area contributed by atoms with E-state index in [4.69, 9.17) is 4.99 Å². The van der Waals surface area contributed by atoms with Crippen molar-refractivity contribution in [3.63, 3.8) is 0 Å². The summed E-state index contributed by atoms with van der Waals surface area (Å²) in [5.74, 6) is 0. The Balaban J connectivity index is 2.05. The van der Waals surface area contributed by atoms with Gasteiger partial charge in [0.1, 0.15) is 6.54 Å². The largest absolute Gasteiger partial charge is 0.293 e. The van der Waals surface area contributed by atoms with Gasteiger partial charge in [0.25, 0.3) is 0 Å². The van der Waals surface area contributed by atoms with Gasteiger partial charge in [0, 0.05) is 36.9 Å². The summed E-state index contributed by atoms with van der Waals surface area (Å²) in [6.45, 7) is 10.9. The van der Waals surface area contributed by atoms with Gasteiger partial charge in [-0.1, -0.05) is 77.0 Å². The normalized spacial score (nSPS) is 12.1. The Kier molecular flexibility index (Phi) is 12.7. The number of benzene rings is 1. The maximum atomic E-state index is 4.76. The first-order valence-electron chi connectivity index (χ1n) is 13.0. The number of aromatic nitrogens is 1. The summed E-state index contributed by atoms with van der Waals surface area (Å²) < 4.78 is 2.31. The highest BCUT2D eigenvalue weighted by atomic mass is 14.9. The van der Waals surface area contributed by atoms with E-state index in [9.17, 15) is 0 Å². The highest BCUT2D eigenvalue weighted by molar-refractivity contribution is 5.90. The second-order valence-corrected chi connectivity index (χ2v) is 8.96. The van der Waals surface area contributed by atoms with E-state index in [1.54, 1.807) is 0 Å². The van der Waals surface area contributed by atoms with Crippen LogP contribution in [0.5, 0.6) is 0 Å². The second kappa shape index (κ2) is 15.6. The highest BCUT2D eigenvalue weighted by Crippen LogP contribution is 2.25. The van der Waals surface area contributed by atoms with Crippen LogP contribution in [0, 0.1) is 0 Å². The van der Waals surface area contributed by atoms with Crippen molar-refractivity contribution >= 4 is 11.8 Å². The molecule has 1 heterocycles. The molecular weight excluding hydrogens is 388 g/mol. The van der Waals surface area contributed by atoms with Gasteiger partial charge >= 0.3 is 0 Å². The van der Waals surface area contributed by atoms with E-state index in [-0.39, 0.29) is 0 Å². The monoisotopic (exact) mass is 433 g/mol. The van der Waals surface area contributed by atoms with Crippen LogP contribution < -0.4 is 4.57 Å². The van der Waals surface area contributed by atoms with Crippen LogP contribution in [0.25, 0.3) is 16.7 Å². The molecule has 32 heavy (non-hydrogen) atoms. The lowest BCUT2D eigenvalue weighted by Crippen LogP contribution is -2.32. The molecule has 0 aliphatic rings. The van der Waals surface area contributed by atoms with Crippen molar-refractivity contribution in [3.05, 3.63) is 59.9 Å². The molecular formula is C30H45N2+. The maximum Gasteiger partial charge on any atom is 0.169 e. The zero-order valence-electron chi connectivity index (χ0n) is 21.1. The zero-order valence-corrected chi connectivity index (χ0v) is 21.1. The van der Waals surface area contributed by atoms with Gasteiger partial charge < -0.3 is 0 Å². The molecule has 2 rings (SSSR count). The Bertz CT molecular complexity index is 830. The van der Waals surface area contributed by atoms with E-state index in [1.807, 2.05) is 0 Å². The predicted molar refractivity (Wildman–Crippen MR) is 141 cm³/mol. The number of rotatable bonds is 15. The summed E-state index contributed by atoms with van der Waals surface area (Å²) in [6, 6.07) is 11.3. The molecule has 2 nitrogen and oxygen atoms in total. The molecule has 0 aliphatic carbocycles. The van der Waals surface area contributed by atoms with E-state index in [2.05, 4.69) is 87.3 Å². The SMILES string of the molecule is C/C=C(/C)c1ccc(-c2cc[n+](CCCCCCC)cc2)cc1/C=N/CCCCCCC. The Morgan fingerprint density at radius 3 is 2.12 bits per heavy atom. The van der Waals surface area contributed by atoms with E-state index in [0.717, 1.165) is 13.1 Å². The zero-order chi connectivity index (χ0) is 23.0. The molecule has 0 spiro atoms. The maximum absolute atomic E-state index is 4.76. The number of unbranched alkanes of at least 4 members (excludes halogenated alkanes) is 8. The molecule has 0 saturated heterocycles. The molecule has 174 valence electrons. The van der Waals surface area contributed by atoms with Gasteiger partial charge in [-0.3, -0.25) is 4.99 Å². The van der Waals surface area contributed by atoms with Crippen LogP contribution in [0.4, 0.5) is 0 Å². The molecule has 0 unspecified atom stereocenters. The van der Waals surface area contributed by atoms with Crippen LogP contribution in [-0.4, -0.2) is 12.8 Å². The summed E-state index contributed by atoms with van der Waals surface area (Å²) in [7, 11) is 0. The first kappa shape index (κ1) is 26.0. The molecule has 0 saturated carbocycles. The van der Waals surface area contributed by atoms with Gasteiger partial charge in [0.15, 0.2) is 12.4 Å². The molecule has 2 heteroatoms. The molecule has 0 aliphatic heterocycles. The Morgan fingerprint density at radius 1 is 0.812 bits per heavy atom. The lowest BCUT2D eigenvalue weighted by Gasteiger charge is -2.10. The molecule has 0 N–H and O–H groups in total. The van der Waals surface area contributed by atoms with E-state index in [1.165, 1.54) is 92.0 Å². The number of pyridine rings is 1. The number of hydrogen-bond acceptors (Lipinski definition) is 1. The summed E-state index contributed by atoms with van der Waals surface area (Å²) in [5, 5.41) is 0. The summed E-state index contributed by atoms with van der Waals surface area (Å²) in [6.07, 6.45) is 21.8. The van der Waals surface area contributed by atoms with Crippen molar-refractivity contribution in [1.29, 1.82) is 0 Å². The Hall–Kier alpha value is -2.22. The molecule has 0 amide bonds. The average Bonchev–Trinajstić information content (AvgIpc) is 2.83. The molecule has 0 bridgehead atoms. The molecule has 0 radical (unpaired) electrons. The molecule has 0 atom stereocenters. The van der Waals surface area contributed by atoms with Crippen molar-refractivity contribution in [2.75, 3.05) is 6.54 Å². The van der Waals surface area contributed by atoms with Gasteiger partial charge in [-0.05, 0) is 55.0 Å². The van der Waals surface area contributed by atoms with Crippen molar-refractivity contribution in [1.82, 2.24) is 0 Å². The first-order valence-corrected chi connectivity index (χ1v) is 13.0. The number of nitrogens with zero attached hydrogens (tertiary/aromatic N) is 2. The first-order chi connectivity index (χ1) is 15.7. The number of aliphatic imine (C=N–C) groups is 1. The van der Waals surface area contributed by atoms with Crippen LogP contribution in [0.15, 0.2) is 53.8 Å². The van der Waals surface area contributed by atoms with Crippen molar-refractivity contribution in [2.45, 2.75) is 98.4 Å². The topological polar surface area (TPSA) is 16.2 Å². The number of allylic oxidation sites excluding steroid dienone is 2. The molecule has 1 aromatic carbocycles.